The number of hydrogen-bond donors (Lipinski definition) is 1. The summed E-state index contributed by atoms with van der Waals surface area (Å²) in [6.07, 6.45) is 5.85. The van der Waals surface area contributed by atoms with Crippen LogP contribution in [0.4, 0.5) is 0 Å². The second-order valence-corrected chi connectivity index (χ2v) is 6.34. The first-order valence-corrected chi connectivity index (χ1v) is 9.75. The molecule has 0 saturated carbocycles. The zero-order chi connectivity index (χ0) is 19.6. The van der Waals surface area contributed by atoms with Crippen LogP contribution in [-0.4, -0.2) is 50.1 Å². The zero-order valence-corrected chi connectivity index (χ0v) is 16.1. The highest BCUT2D eigenvalue weighted by Crippen LogP contribution is 2.06. The fourth-order valence-electron chi connectivity index (χ4n) is 2.51. The molecule has 0 aromatic heterocycles. The lowest BCUT2D eigenvalue weighted by atomic mass is 10.1. The Kier molecular flexibility index (Phi) is 13.9. The molecule has 152 valence electrons. The minimum Gasteiger partial charge on any atom is -0.481 e. The highest BCUT2D eigenvalue weighted by molar-refractivity contribution is 5.69. The van der Waals surface area contributed by atoms with E-state index in [2.05, 4.69) is 24.3 Å². The Morgan fingerprint density at radius 1 is 0.741 bits per heavy atom. The van der Waals surface area contributed by atoms with Gasteiger partial charge in [-0.2, -0.15) is 0 Å². The molecule has 0 fully saturated rings. The minimum absolute atomic E-state index is 0.0867. The average molecular weight is 380 g/mol. The monoisotopic (exact) mass is 380 g/mol. The number of carbonyl (C=O) groups is 2. The Hall–Kier alpha value is -1.92. The molecule has 0 aliphatic rings. The molecule has 6 nitrogen and oxygen atoms in total. The summed E-state index contributed by atoms with van der Waals surface area (Å²) in [5.74, 6) is -1.15. The van der Waals surface area contributed by atoms with Gasteiger partial charge in [0.25, 0.3) is 0 Å². The molecule has 0 aliphatic carbocycles. The molecule has 0 bridgehead atoms. The van der Waals surface area contributed by atoms with Gasteiger partial charge in [-0.3, -0.25) is 9.59 Å². The van der Waals surface area contributed by atoms with Gasteiger partial charge in [-0.25, -0.2) is 0 Å². The SMILES string of the molecule is O=C(O)CCCCC(=O)OCCOCCOCCCCCc1ccccc1. The van der Waals surface area contributed by atoms with Crippen LogP contribution in [0.1, 0.15) is 50.5 Å². The van der Waals surface area contributed by atoms with E-state index in [-0.39, 0.29) is 25.4 Å². The summed E-state index contributed by atoms with van der Waals surface area (Å²) in [6, 6.07) is 10.5. The van der Waals surface area contributed by atoms with Crippen LogP contribution in [0.5, 0.6) is 0 Å². The molecule has 0 unspecified atom stereocenters. The molecular formula is C21H32O6. The summed E-state index contributed by atoms with van der Waals surface area (Å²) in [5, 5.41) is 8.49. The molecule has 0 heterocycles. The van der Waals surface area contributed by atoms with E-state index >= 15 is 0 Å². The number of rotatable bonds is 17. The van der Waals surface area contributed by atoms with Crippen molar-refractivity contribution in [2.75, 3.05) is 33.0 Å². The molecule has 1 rings (SSSR count). The van der Waals surface area contributed by atoms with Gasteiger partial charge in [0.1, 0.15) is 6.61 Å². The van der Waals surface area contributed by atoms with E-state index in [1.54, 1.807) is 0 Å². The number of aliphatic carboxylic acids is 1. The summed E-state index contributed by atoms with van der Waals surface area (Å²) >= 11 is 0. The second kappa shape index (κ2) is 16.3. The molecule has 0 saturated heterocycles. The Labute approximate surface area is 161 Å². The third kappa shape index (κ3) is 14.9. The Morgan fingerprint density at radius 2 is 1.41 bits per heavy atom. The highest BCUT2D eigenvalue weighted by atomic mass is 16.6. The predicted molar refractivity (Wildman–Crippen MR) is 103 cm³/mol. The maximum absolute atomic E-state index is 11.4. The van der Waals surface area contributed by atoms with Crippen molar-refractivity contribution in [3.05, 3.63) is 35.9 Å². The lowest BCUT2D eigenvalue weighted by Gasteiger charge is -2.07. The van der Waals surface area contributed by atoms with Crippen LogP contribution in [-0.2, 0) is 30.2 Å². The van der Waals surface area contributed by atoms with Crippen molar-refractivity contribution in [3.63, 3.8) is 0 Å². The number of ether oxygens (including phenoxy) is 3. The zero-order valence-electron chi connectivity index (χ0n) is 16.1. The molecule has 0 amide bonds. The summed E-state index contributed by atoms with van der Waals surface area (Å²) in [6.45, 7) is 2.34. The average Bonchev–Trinajstić information content (AvgIpc) is 2.66. The Bertz CT molecular complexity index is 503. The molecule has 27 heavy (non-hydrogen) atoms. The minimum atomic E-state index is -0.842. The first kappa shape index (κ1) is 23.1. The van der Waals surface area contributed by atoms with Crippen LogP contribution in [0.2, 0.25) is 0 Å². The highest BCUT2D eigenvalue weighted by Gasteiger charge is 2.04. The first-order chi connectivity index (χ1) is 13.2. The first-order valence-electron chi connectivity index (χ1n) is 9.75. The van der Waals surface area contributed by atoms with Gasteiger partial charge in [0.05, 0.1) is 19.8 Å². The van der Waals surface area contributed by atoms with Gasteiger partial charge < -0.3 is 19.3 Å². The van der Waals surface area contributed by atoms with Crippen molar-refractivity contribution in [2.24, 2.45) is 0 Å². The molecule has 6 heteroatoms. The molecule has 0 radical (unpaired) electrons. The Balaban J connectivity index is 1.77. The molecule has 0 spiro atoms. The number of unbranched alkanes of at least 4 members (excludes halogenated alkanes) is 3. The molecule has 0 aliphatic heterocycles. The normalized spacial score (nSPS) is 10.7. The molecular weight excluding hydrogens is 348 g/mol. The van der Waals surface area contributed by atoms with Crippen LogP contribution in [0.15, 0.2) is 30.3 Å². The molecule has 0 atom stereocenters. The fourth-order valence-corrected chi connectivity index (χ4v) is 2.51. The maximum Gasteiger partial charge on any atom is 0.305 e. The largest absolute Gasteiger partial charge is 0.481 e. The van der Waals surface area contributed by atoms with E-state index in [0.717, 1.165) is 25.9 Å². The van der Waals surface area contributed by atoms with Crippen LogP contribution >= 0.6 is 0 Å². The van der Waals surface area contributed by atoms with Crippen molar-refractivity contribution >= 4 is 11.9 Å². The van der Waals surface area contributed by atoms with Crippen molar-refractivity contribution < 1.29 is 28.9 Å². The lowest BCUT2D eigenvalue weighted by molar-refractivity contribution is -0.146. The van der Waals surface area contributed by atoms with Crippen molar-refractivity contribution in [1.29, 1.82) is 0 Å². The number of benzene rings is 1. The third-order valence-electron chi connectivity index (χ3n) is 3.98. The molecule has 1 aromatic carbocycles. The van der Waals surface area contributed by atoms with Crippen LogP contribution in [0.3, 0.4) is 0 Å². The van der Waals surface area contributed by atoms with E-state index in [1.807, 2.05) is 6.07 Å². The maximum atomic E-state index is 11.4. The quantitative estimate of drug-likeness (QED) is 0.328. The molecule has 1 aromatic rings. The van der Waals surface area contributed by atoms with Gasteiger partial charge in [-0.1, -0.05) is 36.8 Å². The smallest absolute Gasteiger partial charge is 0.305 e. The standard InChI is InChI=1S/C21H32O6/c22-20(23)12-6-7-13-21(24)27-18-17-26-16-15-25-14-8-2-5-11-19-9-3-1-4-10-19/h1,3-4,9-10H,2,5-8,11-18H2,(H,22,23). The number of hydrogen-bond acceptors (Lipinski definition) is 5. The van der Waals surface area contributed by atoms with Gasteiger partial charge in [0.2, 0.25) is 0 Å². The molecule has 1 N–H and O–H groups in total. The van der Waals surface area contributed by atoms with E-state index in [0.29, 0.717) is 32.7 Å². The lowest BCUT2D eigenvalue weighted by Crippen LogP contribution is -2.13. The van der Waals surface area contributed by atoms with Crippen LogP contribution in [0.25, 0.3) is 0 Å². The van der Waals surface area contributed by atoms with E-state index in [9.17, 15) is 9.59 Å². The summed E-state index contributed by atoms with van der Waals surface area (Å²) in [5.41, 5.74) is 1.38. The van der Waals surface area contributed by atoms with Crippen molar-refractivity contribution in [3.8, 4) is 0 Å². The number of carbonyl (C=O) groups excluding carboxylic acids is 1. The van der Waals surface area contributed by atoms with Crippen molar-refractivity contribution in [1.82, 2.24) is 0 Å². The number of carboxylic acids is 1. The van der Waals surface area contributed by atoms with E-state index in [1.165, 1.54) is 12.0 Å². The van der Waals surface area contributed by atoms with Crippen LogP contribution in [0, 0.1) is 0 Å². The van der Waals surface area contributed by atoms with E-state index in [4.69, 9.17) is 19.3 Å². The van der Waals surface area contributed by atoms with Gasteiger partial charge in [-0.05, 0) is 37.7 Å². The van der Waals surface area contributed by atoms with Crippen molar-refractivity contribution in [2.45, 2.75) is 51.4 Å². The van der Waals surface area contributed by atoms with E-state index < -0.39 is 5.97 Å². The third-order valence-corrected chi connectivity index (χ3v) is 3.98. The number of esters is 1. The second-order valence-electron chi connectivity index (χ2n) is 6.34. The van der Waals surface area contributed by atoms with Gasteiger partial charge in [-0.15, -0.1) is 0 Å². The number of aryl methyl sites for hydroxylation is 1. The predicted octanol–water partition coefficient (Wildman–Crippen LogP) is 3.62. The Morgan fingerprint density at radius 3 is 2.15 bits per heavy atom. The van der Waals surface area contributed by atoms with Gasteiger partial charge >= 0.3 is 11.9 Å². The summed E-state index contributed by atoms with van der Waals surface area (Å²) < 4.78 is 15.9. The number of carboxylic acid groups (broad SMARTS) is 1. The fraction of sp³-hybridized carbons (Fsp3) is 0.619. The van der Waals surface area contributed by atoms with Gasteiger partial charge in [0.15, 0.2) is 0 Å². The summed E-state index contributed by atoms with van der Waals surface area (Å²) in [4.78, 5) is 21.7. The summed E-state index contributed by atoms with van der Waals surface area (Å²) in [7, 11) is 0. The van der Waals surface area contributed by atoms with Crippen LogP contribution < -0.4 is 0 Å². The topological polar surface area (TPSA) is 82.1 Å². The van der Waals surface area contributed by atoms with Gasteiger partial charge in [0, 0.05) is 19.4 Å².